The second kappa shape index (κ2) is 33.4. The van der Waals surface area contributed by atoms with Crippen molar-refractivity contribution in [2.45, 2.75) is 103 Å². The fraction of sp³-hybridized carbons (Fsp3) is 0.548. The van der Waals surface area contributed by atoms with E-state index in [9.17, 15) is 19.5 Å². The summed E-state index contributed by atoms with van der Waals surface area (Å²) in [6.45, 7) is 4.40. The Balaban J connectivity index is 4.81. The minimum absolute atomic E-state index is 0.118. The van der Waals surface area contributed by atoms with E-state index in [2.05, 4.69) is 86.8 Å². The van der Waals surface area contributed by atoms with Crippen molar-refractivity contribution in [3.05, 3.63) is 97.2 Å². The summed E-state index contributed by atoms with van der Waals surface area (Å²) in [6, 6.07) is 0. The lowest BCUT2D eigenvalue weighted by molar-refractivity contribution is -0.870. The Labute approximate surface area is 308 Å². The van der Waals surface area contributed by atoms with Gasteiger partial charge in [-0.2, -0.15) is 0 Å². The molecule has 0 fully saturated rings. The number of esters is 2. The second-order valence-electron chi connectivity index (χ2n) is 12.8. The molecule has 0 spiro atoms. The van der Waals surface area contributed by atoms with Crippen LogP contribution >= 0.6 is 0 Å². The van der Waals surface area contributed by atoms with Crippen LogP contribution in [0.4, 0.5) is 0 Å². The smallest absolute Gasteiger partial charge is 0.361 e. The van der Waals surface area contributed by atoms with Crippen molar-refractivity contribution in [1.29, 1.82) is 0 Å². The zero-order chi connectivity index (χ0) is 37.8. The van der Waals surface area contributed by atoms with Gasteiger partial charge in [-0.25, -0.2) is 4.79 Å². The molecule has 0 aliphatic rings. The van der Waals surface area contributed by atoms with Crippen LogP contribution in [0.1, 0.15) is 90.9 Å². The van der Waals surface area contributed by atoms with Crippen LogP contribution in [0.15, 0.2) is 97.2 Å². The Morgan fingerprint density at radius 1 is 0.569 bits per heavy atom. The molecule has 9 nitrogen and oxygen atoms in total. The van der Waals surface area contributed by atoms with Gasteiger partial charge in [0.2, 0.25) is 0 Å². The zero-order valence-corrected chi connectivity index (χ0v) is 32.0. The first kappa shape index (κ1) is 47.2. The molecule has 0 aliphatic heterocycles. The van der Waals surface area contributed by atoms with Crippen LogP contribution in [0, 0.1) is 0 Å². The summed E-state index contributed by atoms with van der Waals surface area (Å²) in [7, 11) is 5.89. The van der Waals surface area contributed by atoms with Gasteiger partial charge in [0.05, 0.1) is 34.4 Å². The minimum atomic E-state index is -1.55. The lowest BCUT2D eigenvalue weighted by Crippen LogP contribution is -2.40. The molecule has 0 aromatic heterocycles. The van der Waals surface area contributed by atoms with Gasteiger partial charge in [0, 0.05) is 12.8 Å². The van der Waals surface area contributed by atoms with Crippen molar-refractivity contribution in [3.63, 3.8) is 0 Å². The molecule has 2 unspecified atom stereocenters. The molecule has 9 heteroatoms. The number of hydrogen-bond donors (Lipinski definition) is 1. The largest absolute Gasteiger partial charge is 0.477 e. The van der Waals surface area contributed by atoms with Crippen molar-refractivity contribution < 1.29 is 42.9 Å². The molecule has 0 saturated heterocycles. The van der Waals surface area contributed by atoms with Crippen LogP contribution in [0.25, 0.3) is 0 Å². The van der Waals surface area contributed by atoms with Gasteiger partial charge < -0.3 is 28.5 Å². The lowest BCUT2D eigenvalue weighted by atomic mass is 10.2. The van der Waals surface area contributed by atoms with Crippen LogP contribution in [0.2, 0.25) is 0 Å². The highest BCUT2D eigenvalue weighted by molar-refractivity contribution is 5.71. The first-order valence-corrected chi connectivity index (χ1v) is 18.4. The molecule has 0 aliphatic carbocycles. The predicted octanol–water partition coefficient (Wildman–Crippen LogP) is 8.76. The van der Waals surface area contributed by atoms with Gasteiger partial charge in [-0.05, 0) is 64.2 Å². The van der Waals surface area contributed by atoms with E-state index in [0.717, 1.165) is 51.4 Å². The van der Waals surface area contributed by atoms with Crippen molar-refractivity contribution in [2.75, 3.05) is 47.5 Å². The summed E-state index contributed by atoms with van der Waals surface area (Å²) in [5.41, 5.74) is 0. The number of carbonyl (C=O) groups excluding carboxylic acids is 2. The third-order valence-electron chi connectivity index (χ3n) is 6.86. The van der Waals surface area contributed by atoms with Crippen LogP contribution in [-0.4, -0.2) is 87.4 Å². The molecule has 2 atom stereocenters. The van der Waals surface area contributed by atoms with Crippen LogP contribution in [0.5, 0.6) is 0 Å². The molecule has 0 radical (unpaired) electrons. The van der Waals surface area contributed by atoms with E-state index < -0.39 is 30.3 Å². The van der Waals surface area contributed by atoms with Crippen molar-refractivity contribution in [1.82, 2.24) is 0 Å². The van der Waals surface area contributed by atoms with E-state index in [1.807, 2.05) is 45.4 Å². The molecule has 286 valence electrons. The predicted molar refractivity (Wildman–Crippen MR) is 207 cm³/mol. The Morgan fingerprint density at radius 3 is 1.39 bits per heavy atom. The lowest BCUT2D eigenvalue weighted by Gasteiger charge is -2.25. The Bertz CT molecular complexity index is 1150. The second-order valence-corrected chi connectivity index (χ2v) is 12.8. The maximum Gasteiger partial charge on any atom is 0.361 e. The number of allylic oxidation sites excluding steroid dienone is 16. The van der Waals surface area contributed by atoms with Crippen molar-refractivity contribution in [3.8, 4) is 0 Å². The number of carboxylic acids is 1. The molecule has 0 aromatic carbocycles. The summed E-state index contributed by atoms with van der Waals surface area (Å²) in [5, 5.41) is 9.57. The van der Waals surface area contributed by atoms with E-state index in [0.29, 0.717) is 23.9 Å². The van der Waals surface area contributed by atoms with Crippen LogP contribution < -0.4 is 0 Å². The highest BCUT2D eigenvalue weighted by Gasteiger charge is 2.24. The molecule has 0 rings (SSSR count). The molecule has 51 heavy (non-hydrogen) atoms. The van der Waals surface area contributed by atoms with Crippen molar-refractivity contribution >= 4 is 17.9 Å². The number of rotatable bonds is 31. The molecule has 0 amide bonds. The van der Waals surface area contributed by atoms with E-state index in [1.54, 1.807) is 0 Å². The molecule has 0 saturated carbocycles. The monoisotopic (exact) mass is 712 g/mol. The summed E-state index contributed by atoms with van der Waals surface area (Å²) >= 11 is 0. The van der Waals surface area contributed by atoms with Gasteiger partial charge in [0.15, 0.2) is 6.10 Å². The topological polar surface area (TPSA) is 108 Å². The van der Waals surface area contributed by atoms with E-state index >= 15 is 0 Å². The molecule has 0 aromatic rings. The average molecular weight is 713 g/mol. The quantitative estimate of drug-likeness (QED) is 0.0329. The van der Waals surface area contributed by atoms with Crippen LogP contribution in [-0.2, 0) is 33.3 Å². The Hall–Kier alpha value is -3.79. The average Bonchev–Trinajstić information content (AvgIpc) is 3.08. The highest BCUT2D eigenvalue weighted by atomic mass is 16.7. The van der Waals surface area contributed by atoms with Gasteiger partial charge in [0.25, 0.3) is 6.29 Å². The molecular formula is C42H66NO8+. The summed E-state index contributed by atoms with van der Waals surface area (Å²) in [5.74, 6) is -2.25. The number of quaternary nitrogens is 1. The first-order chi connectivity index (χ1) is 24.6. The summed E-state index contributed by atoms with van der Waals surface area (Å²) < 4.78 is 22.4. The molecular weight excluding hydrogens is 646 g/mol. The van der Waals surface area contributed by atoms with Crippen molar-refractivity contribution in [2.24, 2.45) is 0 Å². The van der Waals surface area contributed by atoms with Gasteiger partial charge in [-0.1, -0.05) is 111 Å². The Morgan fingerprint density at radius 2 is 0.980 bits per heavy atom. The van der Waals surface area contributed by atoms with Crippen LogP contribution in [0.3, 0.4) is 0 Å². The first-order valence-electron chi connectivity index (χ1n) is 18.4. The van der Waals surface area contributed by atoms with E-state index in [1.165, 1.54) is 0 Å². The fourth-order valence-corrected chi connectivity index (χ4v) is 4.04. The van der Waals surface area contributed by atoms with Gasteiger partial charge >= 0.3 is 17.9 Å². The number of carbonyl (C=O) groups is 3. The molecule has 1 N–H and O–H groups in total. The SMILES string of the molecule is CC/C=C\C/C=C\C/C=C\C/C=C\CCC(=O)OCC(COC(OCC[N+](C)(C)C)C(=O)O)OC(=O)CC/C=C\C/C=C\C/C=C\C/C=C\CC. The minimum Gasteiger partial charge on any atom is -0.477 e. The Kier molecular flexibility index (Phi) is 30.9. The third-order valence-corrected chi connectivity index (χ3v) is 6.86. The van der Waals surface area contributed by atoms with Gasteiger partial charge in [-0.3, -0.25) is 9.59 Å². The number of carboxylic acid groups (broad SMARTS) is 1. The standard InChI is InChI=1S/C42H65NO8/c1-6-8-10-12-14-16-18-20-22-24-26-28-30-32-39(44)49-36-38(37-50-42(41(46)47)48-35-34-43(3,4)5)51-40(45)33-31-29-27-25-23-21-19-17-15-13-11-9-7-2/h8-11,14-17,20-23,26-29,38,42H,6-7,12-13,18-19,24-25,30-37H2,1-5H3/p+1/b10-8-,11-9-,16-14-,17-15-,22-20-,23-21-,28-26-,29-27-. The summed E-state index contributed by atoms with van der Waals surface area (Å²) in [6.07, 6.45) is 39.4. The number of nitrogens with zero attached hydrogens (tertiary/aromatic N) is 1. The maximum absolute atomic E-state index is 12.6. The normalized spacial score (nSPS) is 14.1. The highest BCUT2D eigenvalue weighted by Crippen LogP contribution is 2.07. The zero-order valence-electron chi connectivity index (χ0n) is 32.0. The van der Waals surface area contributed by atoms with Gasteiger partial charge in [0.1, 0.15) is 13.2 Å². The fourth-order valence-electron chi connectivity index (χ4n) is 4.04. The number of likely N-dealkylation sites (N-methyl/N-ethyl adjacent to an activating group) is 1. The van der Waals surface area contributed by atoms with E-state index in [4.69, 9.17) is 18.9 Å². The van der Waals surface area contributed by atoms with Gasteiger partial charge in [-0.15, -0.1) is 0 Å². The maximum atomic E-state index is 12.6. The summed E-state index contributed by atoms with van der Waals surface area (Å²) in [4.78, 5) is 36.8. The number of hydrogen-bond acceptors (Lipinski definition) is 7. The number of ether oxygens (including phenoxy) is 4. The molecule has 0 bridgehead atoms. The van der Waals surface area contributed by atoms with E-state index in [-0.39, 0.29) is 32.7 Å². The number of aliphatic carboxylic acids is 1. The molecule has 0 heterocycles. The third kappa shape index (κ3) is 34.4.